The predicted octanol–water partition coefficient (Wildman–Crippen LogP) is 4.44. The van der Waals surface area contributed by atoms with Crippen molar-refractivity contribution in [2.75, 3.05) is 13.6 Å². The van der Waals surface area contributed by atoms with Crippen molar-refractivity contribution in [1.82, 2.24) is 20.9 Å². The highest BCUT2D eigenvalue weighted by Crippen LogP contribution is 2.28. The van der Waals surface area contributed by atoms with Crippen LogP contribution >= 0.6 is 0 Å². The van der Waals surface area contributed by atoms with Gasteiger partial charge in [0, 0.05) is 31.4 Å². The molecule has 2 aromatic carbocycles. The smallest absolute Gasteiger partial charge is 0.292 e. The van der Waals surface area contributed by atoms with E-state index in [4.69, 9.17) is 4.42 Å². The summed E-state index contributed by atoms with van der Waals surface area (Å²) in [6.07, 6.45) is 6.80. The Hall–Kier alpha value is -4.47. The Bertz CT molecular complexity index is 1520. The van der Waals surface area contributed by atoms with Crippen molar-refractivity contribution in [3.8, 4) is 0 Å². The maximum atomic E-state index is 14.0. The number of amides is 4. The molecule has 3 atom stereocenters. The minimum atomic E-state index is -1.23. The van der Waals surface area contributed by atoms with Crippen LogP contribution in [0, 0.1) is 18.8 Å². The number of Topliss-reactive ketones (excluding diaryl/α,β-unsaturated/α-hetero) is 1. The number of hydrogen-bond acceptors (Lipinski definition) is 6. The highest BCUT2D eigenvalue weighted by atomic mass is 16.3. The van der Waals surface area contributed by atoms with Crippen LogP contribution < -0.4 is 16.0 Å². The Morgan fingerprint density at radius 2 is 1.65 bits per heavy atom. The lowest BCUT2D eigenvalue weighted by molar-refractivity contribution is -0.146. The molecule has 0 bridgehead atoms. The molecule has 2 fully saturated rings. The van der Waals surface area contributed by atoms with E-state index in [2.05, 4.69) is 16.0 Å². The molecule has 1 aromatic heterocycles. The first-order valence-electron chi connectivity index (χ1n) is 16.4. The number of hydrogen-bond donors (Lipinski definition) is 3. The lowest BCUT2D eigenvalue weighted by atomic mass is 9.84. The summed E-state index contributed by atoms with van der Waals surface area (Å²) < 4.78 is 5.75. The number of likely N-dealkylation sites (N-methyl/N-ethyl adjacent to an activating group) is 1. The van der Waals surface area contributed by atoms with Crippen molar-refractivity contribution in [2.45, 2.75) is 83.3 Å². The van der Waals surface area contributed by atoms with Gasteiger partial charge in [0.25, 0.3) is 11.8 Å². The van der Waals surface area contributed by atoms with E-state index in [1.165, 1.54) is 4.90 Å². The molecule has 0 spiro atoms. The zero-order valence-corrected chi connectivity index (χ0v) is 26.7. The van der Waals surface area contributed by atoms with E-state index in [0.717, 1.165) is 55.0 Å². The number of para-hydroxylation sites is 1. The fraction of sp³-hybridized carbons (Fsp3) is 0.472. The maximum absolute atomic E-state index is 14.0. The number of rotatable bonds is 12. The molecular weight excluding hydrogens is 584 g/mol. The summed E-state index contributed by atoms with van der Waals surface area (Å²) in [5, 5.41) is 9.25. The van der Waals surface area contributed by atoms with E-state index in [9.17, 15) is 24.0 Å². The second-order valence-electron chi connectivity index (χ2n) is 12.9. The molecule has 4 amide bonds. The van der Waals surface area contributed by atoms with Gasteiger partial charge in [-0.25, -0.2) is 0 Å². The molecule has 244 valence electrons. The first-order valence-corrected chi connectivity index (χ1v) is 16.4. The first-order chi connectivity index (χ1) is 22.2. The van der Waals surface area contributed by atoms with Crippen molar-refractivity contribution in [2.24, 2.45) is 11.8 Å². The van der Waals surface area contributed by atoms with Crippen molar-refractivity contribution in [3.05, 3.63) is 71.5 Å². The summed E-state index contributed by atoms with van der Waals surface area (Å²) in [4.78, 5) is 68.6. The number of ketones is 1. The molecule has 0 unspecified atom stereocenters. The quantitative estimate of drug-likeness (QED) is 0.254. The molecule has 5 rings (SSSR count). The van der Waals surface area contributed by atoms with Crippen LogP contribution in [0.2, 0.25) is 0 Å². The van der Waals surface area contributed by atoms with Crippen LogP contribution in [0.3, 0.4) is 0 Å². The fourth-order valence-electron chi connectivity index (χ4n) is 6.54. The molecule has 2 heterocycles. The van der Waals surface area contributed by atoms with Gasteiger partial charge in [-0.15, -0.1) is 0 Å². The molecule has 10 heteroatoms. The van der Waals surface area contributed by atoms with Gasteiger partial charge in [-0.05, 0) is 56.2 Å². The second-order valence-corrected chi connectivity index (χ2v) is 12.9. The average Bonchev–Trinajstić information content (AvgIpc) is 3.51. The topological polar surface area (TPSA) is 138 Å². The minimum absolute atomic E-state index is 0.00577. The third-order valence-corrected chi connectivity index (χ3v) is 9.22. The van der Waals surface area contributed by atoms with Gasteiger partial charge >= 0.3 is 0 Å². The number of nitrogens with one attached hydrogen (secondary N) is 3. The van der Waals surface area contributed by atoms with Crippen molar-refractivity contribution in [3.63, 3.8) is 0 Å². The van der Waals surface area contributed by atoms with Gasteiger partial charge in [-0.3, -0.25) is 24.0 Å². The zero-order chi connectivity index (χ0) is 32.6. The largest absolute Gasteiger partial charge is 0.451 e. The number of piperidine rings is 1. The van der Waals surface area contributed by atoms with Crippen LogP contribution in [-0.4, -0.2) is 60.0 Å². The van der Waals surface area contributed by atoms with Crippen LogP contribution in [0.25, 0.3) is 11.0 Å². The molecule has 2 aliphatic rings. The first kappa shape index (κ1) is 32.9. The molecule has 1 aliphatic heterocycles. The van der Waals surface area contributed by atoms with E-state index >= 15 is 0 Å². The van der Waals surface area contributed by atoms with Gasteiger partial charge in [-0.2, -0.15) is 0 Å². The van der Waals surface area contributed by atoms with Gasteiger partial charge in [0.2, 0.25) is 17.6 Å². The van der Waals surface area contributed by atoms with Gasteiger partial charge in [0.15, 0.2) is 5.76 Å². The number of carbonyl (C=O) groups excluding carboxylic acids is 5. The van der Waals surface area contributed by atoms with Gasteiger partial charge in [0.05, 0.1) is 6.04 Å². The third-order valence-electron chi connectivity index (χ3n) is 9.22. The van der Waals surface area contributed by atoms with Crippen LogP contribution in [-0.2, 0) is 25.7 Å². The van der Waals surface area contributed by atoms with Crippen LogP contribution in [0.15, 0.2) is 59.0 Å². The van der Waals surface area contributed by atoms with Gasteiger partial charge < -0.3 is 25.3 Å². The van der Waals surface area contributed by atoms with Crippen LogP contribution in [0.4, 0.5) is 0 Å². The van der Waals surface area contributed by atoms with E-state index in [1.807, 2.05) is 49.4 Å². The second kappa shape index (κ2) is 15.2. The van der Waals surface area contributed by atoms with Gasteiger partial charge in [0.1, 0.15) is 11.6 Å². The summed E-state index contributed by atoms with van der Waals surface area (Å²) in [6, 6.07) is 14.4. The number of aryl methyl sites for hydroxylation is 1. The maximum Gasteiger partial charge on any atom is 0.292 e. The number of carbonyl (C=O) groups is 5. The standard InChI is InChI=1S/C36H44N4O6/c1-23-14-16-25(17-15-23)22-40(2)36(45)32(41)28(20-27-12-8-18-37-33(27)42)38-34(43)29(19-24-9-4-3-5-10-24)39-35(44)31-21-26-11-6-7-13-30(26)46-31/h6-7,11,13-17,21,24,27-29H,3-5,8-10,12,18-20,22H2,1-2H3,(H,37,42)(H,38,43)(H,39,44)/t27-,28-,29-/m0/s1. The SMILES string of the molecule is Cc1ccc(CN(C)C(=O)C(=O)[C@H](C[C@@H]2CCCNC2=O)NC(=O)[C@H](CC2CCCCC2)NC(=O)c2cc3ccccc3o2)cc1. The Morgan fingerprint density at radius 3 is 2.37 bits per heavy atom. The number of furan rings is 1. The van der Waals surface area contributed by atoms with E-state index in [0.29, 0.717) is 25.0 Å². The van der Waals surface area contributed by atoms with Crippen molar-refractivity contribution < 1.29 is 28.4 Å². The van der Waals surface area contributed by atoms with E-state index < -0.39 is 41.5 Å². The van der Waals surface area contributed by atoms with Crippen LogP contribution in [0.5, 0.6) is 0 Å². The van der Waals surface area contributed by atoms with Crippen molar-refractivity contribution in [1.29, 1.82) is 0 Å². The molecule has 3 N–H and O–H groups in total. The molecule has 1 saturated heterocycles. The number of fused-ring (bicyclic) bond motifs is 1. The molecule has 10 nitrogen and oxygen atoms in total. The molecule has 46 heavy (non-hydrogen) atoms. The Morgan fingerprint density at radius 1 is 0.913 bits per heavy atom. The minimum Gasteiger partial charge on any atom is -0.451 e. The summed E-state index contributed by atoms with van der Waals surface area (Å²) >= 11 is 0. The Balaban J connectivity index is 1.35. The summed E-state index contributed by atoms with van der Waals surface area (Å²) in [5.41, 5.74) is 2.51. The molecule has 3 aromatic rings. The molecule has 0 radical (unpaired) electrons. The lowest BCUT2D eigenvalue weighted by Gasteiger charge is -2.30. The summed E-state index contributed by atoms with van der Waals surface area (Å²) in [6.45, 7) is 2.74. The van der Waals surface area contributed by atoms with Gasteiger partial charge in [-0.1, -0.05) is 80.1 Å². The molecule has 1 aliphatic carbocycles. The fourth-order valence-corrected chi connectivity index (χ4v) is 6.54. The monoisotopic (exact) mass is 628 g/mol. The summed E-state index contributed by atoms with van der Waals surface area (Å²) in [5.74, 6) is -3.05. The van der Waals surface area contributed by atoms with Crippen LogP contribution in [0.1, 0.15) is 79.5 Å². The highest BCUT2D eigenvalue weighted by molar-refractivity contribution is 6.38. The van der Waals surface area contributed by atoms with E-state index in [1.54, 1.807) is 19.2 Å². The number of benzene rings is 2. The molecular formula is C36H44N4O6. The normalized spacial score (nSPS) is 18.3. The molecule has 1 saturated carbocycles. The summed E-state index contributed by atoms with van der Waals surface area (Å²) in [7, 11) is 1.55. The predicted molar refractivity (Wildman–Crippen MR) is 174 cm³/mol. The average molecular weight is 629 g/mol. The number of nitrogens with zero attached hydrogens (tertiary/aromatic N) is 1. The highest BCUT2D eigenvalue weighted by Gasteiger charge is 2.36. The van der Waals surface area contributed by atoms with Crippen molar-refractivity contribution >= 4 is 40.4 Å². The Kier molecular flexibility index (Phi) is 10.9. The zero-order valence-electron chi connectivity index (χ0n) is 26.7. The van der Waals surface area contributed by atoms with E-state index in [-0.39, 0.29) is 30.6 Å². The third kappa shape index (κ3) is 8.41. The Labute approximate surface area is 269 Å². The lowest BCUT2D eigenvalue weighted by Crippen LogP contribution is -2.55.